The highest BCUT2D eigenvalue weighted by atomic mass is 35.5. The van der Waals surface area contributed by atoms with Crippen molar-refractivity contribution < 1.29 is 14.3 Å². The number of nitrogens with two attached hydrogens (primary N) is 5. The number of amidine groups is 1. The molecule has 0 saturated heterocycles. The monoisotopic (exact) mass is 646 g/mol. The van der Waals surface area contributed by atoms with Crippen molar-refractivity contribution in [1.29, 1.82) is 5.41 Å². The SMILES string of the molecule is N=C(N)CCCCC[C@H](N)C(=O)NCCCNCCOc1ccc(CCCCN=C(N)NC(=O)c2nc(Cl)c(N)nc2N)cc1. The Morgan fingerprint density at radius 1 is 0.956 bits per heavy atom. The Morgan fingerprint density at radius 3 is 2.44 bits per heavy atom. The van der Waals surface area contributed by atoms with E-state index in [4.69, 9.17) is 50.4 Å². The van der Waals surface area contributed by atoms with E-state index in [1.165, 1.54) is 5.56 Å². The molecular formula is C29H47ClN12O3. The lowest BCUT2D eigenvalue weighted by Gasteiger charge is -2.12. The number of carbonyl (C=O) groups is 2. The van der Waals surface area contributed by atoms with Gasteiger partial charge in [-0.3, -0.25) is 25.3 Å². The number of aryl methyl sites for hydroxylation is 1. The molecule has 1 heterocycles. The van der Waals surface area contributed by atoms with Crippen molar-refractivity contribution in [1.82, 2.24) is 25.9 Å². The summed E-state index contributed by atoms with van der Waals surface area (Å²) in [7, 11) is 0. The van der Waals surface area contributed by atoms with Crippen molar-refractivity contribution in [2.24, 2.45) is 22.2 Å². The molecule has 1 atom stereocenters. The Morgan fingerprint density at radius 2 is 1.71 bits per heavy atom. The molecular weight excluding hydrogens is 600 g/mol. The van der Waals surface area contributed by atoms with E-state index < -0.39 is 11.9 Å². The maximum Gasteiger partial charge on any atom is 0.280 e. The Hall–Kier alpha value is -4.21. The fraction of sp³-hybridized carbons (Fsp3) is 0.517. The van der Waals surface area contributed by atoms with Gasteiger partial charge in [-0.25, -0.2) is 9.97 Å². The van der Waals surface area contributed by atoms with E-state index in [1.54, 1.807) is 0 Å². The van der Waals surface area contributed by atoms with Crippen LogP contribution in [0, 0.1) is 5.41 Å². The Bertz CT molecular complexity index is 1260. The molecule has 2 aromatic rings. The van der Waals surface area contributed by atoms with Gasteiger partial charge in [0.1, 0.15) is 12.4 Å². The summed E-state index contributed by atoms with van der Waals surface area (Å²) in [6.45, 7) is 2.97. The van der Waals surface area contributed by atoms with Gasteiger partial charge in [0, 0.05) is 26.1 Å². The minimum atomic E-state index is -0.672. The van der Waals surface area contributed by atoms with E-state index in [0.717, 1.165) is 57.2 Å². The molecule has 0 aliphatic rings. The standard InChI is InChI=1S/C29H47ClN12O3/c30-24-26(35)41-25(34)23(40-24)28(44)42-29(36)39-15-5-4-7-19-10-12-20(13-11-19)45-18-17-37-14-6-16-38-27(43)21(31)8-2-1-3-9-22(32)33/h10-13,21,37H,1-9,14-18,31H2,(H3,32,33)(H,38,43)(H4,34,35,41)(H3,36,39,42,44)/t21-/m0/s1. The molecule has 2 rings (SSSR count). The number of hydrogen-bond acceptors (Lipinski definition) is 11. The number of carbonyl (C=O) groups excluding carboxylic acids is 2. The van der Waals surface area contributed by atoms with E-state index in [0.29, 0.717) is 39.1 Å². The van der Waals surface area contributed by atoms with Crippen molar-refractivity contribution in [2.45, 2.75) is 63.8 Å². The first-order valence-corrected chi connectivity index (χ1v) is 15.4. The molecule has 248 valence electrons. The van der Waals surface area contributed by atoms with Gasteiger partial charge in [-0.2, -0.15) is 0 Å². The highest BCUT2D eigenvalue weighted by molar-refractivity contribution is 6.31. The van der Waals surface area contributed by atoms with Crippen molar-refractivity contribution >= 4 is 46.8 Å². The van der Waals surface area contributed by atoms with Gasteiger partial charge in [0.25, 0.3) is 5.91 Å². The van der Waals surface area contributed by atoms with Crippen LogP contribution in [0.4, 0.5) is 11.6 Å². The van der Waals surface area contributed by atoms with Crippen molar-refractivity contribution in [3.05, 3.63) is 40.7 Å². The zero-order chi connectivity index (χ0) is 33.0. The third kappa shape index (κ3) is 15.4. The first-order chi connectivity index (χ1) is 21.6. The summed E-state index contributed by atoms with van der Waals surface area (Å²) >= 11 is 5.80. The number of benzene rings is 1. The lowest BCUT2D eigenvalue weighted by molar-refractivity contribution is -0.122. The number of unbranched alkanes of at least 4 members (excludes halogenated alkanes) is 3. The summed E-state index contributed by atoms with van der Waals surface area (Å²) < 4.78 is 5.79. The summed E-state index contributed by atoms with van der Waals surface area (Å²) in [5.41, 5.74) is 29.3. The number of ether oxygens (including phenoxy) is 1. The Labute approximate surface area is 269 Å². The van der Waals surface area contributed by atoms with Crippen molar-refractivity contribution in [2.75, 3.05) is 44.3 Å². The van der Waals surface area contributed by atoms with Crippen LogP contribution in [-0.2, 0) is 11.2 Å². The Kier molecular flexibility index (Phi) is 17.0. The van der Waals surface area contributed by atoms with Gasteiger partial charge in [-0.15, -0.1) is 0 Å². The van der Waals surface area contributed by atoms with Crippen molar-refractivity contribution in [3.8, 4) is 5.75 Å². The largest absolute Gasteiger partial charge is 0.492 e. The molecule has 0 aliphatic heterocycles. The molecule has 45 heavy (non-hydrogen) atoms. The second kappa shape index (κ2) is 20.7. The van der Waals surface area contributed by atoms with Crippen LogP contribution in [0.15, 0.2) is 29.3 Å². The molecule has 0 aliphatic carbocycles. The molecule has 0 unspecified atom stereocenters. The van der Waals surface area contributed by atoms with Gasteiger partial charge in [0.15, 0.2) is 28.4 Å². The molecule has 1 aromatic carbocycles. The van der Waals surface area contributed by atoms with Gasteiger partial charge < -0.3 is 44.0 Å². The van der Waals surface area contributed by atoms with E-state index >= 15 is 0 Å². The molecule has 16 heteroatoms. The summed E-state index contributed by atoms with van der Waals surface area (Å²) in [6.07, 6.45) is 7.14. The summed E-state index contributed by atoms with van der Waals surface area (Å²) in [6, 6.07) is 7.45. The predicted molar refractivity (Wildman–Crippen MR) is 178 cm³/mol. The number of hydrogen-bond donors (Lipinski definition) is 9. The summed E-state index contributed by atoms with van der Waals surface area (Å²) in [4.78, 5) is 36.1. The molecule has 2 amide bonds. The molecule has 0 spiro atoms. The minimum absolute atomic E-state index is 0.0534. The fourth-order valence-electron chi connectivity index (χ4n) is 4.13. The lowest BCUT2D eigenvalue weighted by Crippen LogP contribution is -2.41. The van der Waals surface area contributed by atoms with Gasteiger partial charge in [-0.1, -0.05) is 36.6 Å². The van der Waals surface area contributed by atoms with Gasteiger partial charge in [-0.05, 0) is 62.8 Å². The summed E-state index contributed by atoms with van der Waals surface area (Å²) in [5.74, 6) is -0.0857. The van der Waals surface area contributed by atoms with E-state index in [1.807, 2.05) is 24.3 Å². The Balaban J connectivity index is 1.50. The number of aromatic nitrogens is 2. The maximum absolute atomic E-state index is 12.3. The predicted octanol–water partition coefficient (Wildman–Crippen LogP) is 1.05. The number of guanidine groups is 1. The third-order valence-corrected chi connectivity index (χ3v) is 6.89. The lowest BCUT2D eigenvalue weighted by atomic mass is 10.1. The van der Waals surface area contributed by atoms with Crippen LogP contribution in [0.25, 0.3) is 0 Å². The molecule has 0 saturated carbocycles. The smallest absolute Gasteiger partial charge is 0.280 e. The minimum Gasteiger partial charge on any atom is -0.492 e. The van der Waals surface area contributed by atoms with E-state index in [-0.39, 0.29) is 40.2 Å². The quantitative estimate of drug-likeness (QED) is 0.0525. The number of amides is 2. The third-order valence-electron chi connectivity index (χ3n) is 6.62. The number of nitrogens with one attached hydrogen (secondary N) is 4. The van der Waals surface area contributed by atoms with Crippen LogP contribution in [-0.4, -0.2) is 72.4 Å². The molecule has 15 nitrogen and oxygen atoms in total. The highest BCUT2D eigenvalue weighted by Gasteiger charge is 2.16. The summed E-state index contributed by atoms with van der Waals surface area (Å²) in [5, 5.41) is 15.7. The number of aliphatic imine (C=N–C) groups is 1. The molecule has 0 radical (unpaired) electrons. The molecule has 0 bridgehead atoms. The first kappa shape index (κ1) is 37.0. The van der Waals surface area contributed by atoms with Crippen LogP contribution in [0.5, 0.6) is 5.75 Å². The molecule has 1 aromatic heterocycles. The maximum atomic E-state index is 12.3. The van der Waals surface area contributed by atoms with Crippen LogP contribution in [0.1, 0.15) is 67.4 Å². The van der Waals surface area contributed by atoms with E-state index in [2.05, 4.69) is 30.9 Å². The number of anilines is 2. The van der Waals surface area contributed by atoms with Gasteiger partial charge in [0.05, 0.1) is 11.9 Å². The topological polar surface area (TPSA) is 272 Å². The average Bonchev–Trinajstić information content (AvgIpc) is 3.00. The number of nitrogens with zero attached hydrogens (tertiary/aromatic N) is 3. The van der Waals surface area contributed by atoms with Crippen LogP contribution >= 0.6 is 11.6 Å². The van der Waals surface area contributed by atoms with Crippen LogP contribution < -0.4 is 49.4 Å². The van der Waals surface area contributed by atoms with Gasteiger partial charge in [0.2, 0.25) is 5.91 Å². The average molecular weight is 647 g/mol. The fourth-order valence-corrected chi connectivity index (χ4v) is 4.25. The van der Waals surface area contributed by atoms with E-state index in [9.17, 15) is 9.59 Å². The highest BCUT2D eigenvalue weighted by Crippen LogP contribution is 2.17. The van der Waals surface area contributed by atoms with Crippen LogP contribution in [0.3, 0.4) is 0 Å². The molecule has 0 fully saturated rings. The number of halogens is 1. The molecule has 14 N–H and O–H groups in total. The van der Waals surface area contributed by atoms with Gasteiger partial charge >= 0.3 is 0 Å². The van der Waals surface area contributed by atoms with Crippen LogP contribution in [0.2, 0.25) is 5.15 Å². The zero-order valence-electron chi connectivity index (χ0n) is 25.6. The number of nitrogen functional groups attached to an aromatic ring is 2. The second-order valence-electron chi connectivity index (χ2n) is 10.4. The normalized spacial score (nSPS) is 12.0. The van der Waals surface area contributed by atoms with Crippen molar-refractivity contribution in [3.63, 3.8) is 0 Å². The second-order valence-corrected chi connectivity index (χ2v) is 10.8. The first-order valence-electron chi connectivity index (χ1n) is 15.0. The zero-order valence-corrected chi connectivity index (χ0v) is 26.4. The number of rotatable bonds is 21.